The summed E-state index contributed by atoms with van der Waals surface area (Å²) in [5.74, 6) is 0.124. The number of carbonyl (C=O) groups excluding carboxylic acids is 1. The van der Waals surface area contributed by atoms with E-state index in [9.17, 15) is 9.18 Å². The fourth-order valence-corrected chi connectivity index (χ4v) is 4.11. The van der Waals surface area contributed by atoms with E-state index in [4.69, 9.17) is 9.47 Å². The molecule has 1 amide bonds. The molecule has 2 heterocycles. The zero-order chi connectivity index (χ0) is 23.8. The first kappa shape index (κ1) is 22.8. The SMILES string of the molecule is COc1cccc(F)c1-c1cc2nncc(N3CCN(C(=O)OC(C)(C)C)CC3)c2cc1C. The van der Waals surface area contributed by atoms with E-state index in [1.165, 1.54) is 13.2 Å². The van der Waals surface area contributed by atoms with Crippen LogP contribution in [0.3, 0.4) is 0 Å². The zero-order valence-corrected chi connectivity index (χ0v) is 19.7. The fourth-order valence-electron chi connectivity index (χ4n) is 4.11. The summed E-state index contributed by atoms with van der Waals surface area (Å²) >= 11 is 0. The maximum absolute atomic E-state index is 14.7. The number of nitrogens with zero attached hydrogens (tertiary/aromatic N) is 4. The molecule has 1 aromatic heterocycles. The van der Waals surface area contributed by atoms with Crippen LogP contribution in [0.1, 0.15) is 26.3 Å². The molecule has 0 bridgehead atoms. The van der Waals surface area contributed by atoms with Crippen molar-refractivity contribution in [2.45, 2.75) is 33.3 Å². The van der Waals surface area contributed by atoms with Crippen LogP contribution in [0, 0.1) is 12.7 Å². The molecule has 174 valence electrons. The Morgan fingerprint density at radius 1 is 1.12 bits per heavy atom. The van der Waals surface area contributed by atoms with E-state index in [-0.39, 0.29) is 11.9 Å². The lowest BCUT2D eigenvalue weighted by molar-refractivity contribution is 0.0240. The van der Waals surface area contributed by atoms with Gasteiger partial charge in [-0.1, -0.05) is 6.07 Å². The minimum absolute atomic E-state index is 0.292. The maximum Gasteiger partial charge on any atom is 0.410 e. The second kappa shape index (κ2) is 8.84. The van der Waals surface area contributed by atoms with Gasteiger partial charge in [-0.05, 0) is 63.1 Å². The number of anilines is 1. The summed E-state index contributed by atoms with van der Waals surface area (Å²) < 4.78 is 25.6. The molecule has 1 aliphatic heterocycles. The monoisotopic (exact) mass is 452 g/mol. The quantitative estimate of drug-likeness (QED) is 0.568. The van der Waals surface area contributed by atoms with Crippen LogP contribution in [-0.2, 0) is 4.74 Å². The van der Waals surface area contributed by atoms with Gasteiger partial charge in [-0.3, -0.25) is 0 Å². The van der Waals surface area contributed by atoms with Crippen molar-refractivity contribution >= 4 is 22.7 Å². The Morgan fingerprint density at radius 3 is 2.52 bits per heavy atom. The molecule has 33 heavy (non-hydrogen) atoms. The summed E-state index contributed by atoms with van der Waals surface area (Å²) in [7, 11) is 1.53. The van der Waals surface area contributed by atoms with Crippen molar-refractivity contribution < 1.29 is 18.7 Å². The Morgan fingerprint density at radius 2 is 1.85 bits per heavy atom. The van der Waals surface area contributed by atoms with Crippen molar-refractivity contribution in [1.29, 1.82) is 0 Å². The van der Waals surface area contributed by atoms with E-state index in [1.54, 1.807) is 23.2 Å². The summed E-state index contributed by atoms with van der Waals surface area (Å²) in [6.07, 6.45) is 1.45. The van der Waals surface area contributed by atoms with Gasteiger partial charge in [-0.25, -0.2) is 9.18 Å². The van der Waals surface area contributed by atoms with Crippen LogP contribution < -0.4 is 9.64 Å². The number of aryl methyl sites for hydroxylation is 1. The highest BCUT2D eigenvalue weighted by molar-refractivity contribution is 5.95. The van der Waals surface area contributed by atoms with E-state index < -0.39 is 5.60 Å². The van der Waals surface area contributed by atoms with Gasteiger partial charge in [0.2, 0.25) is 0 Å². The summed E-state index contributed by atoms with van der Waals surface area (Å²) in [6.45, 7) is 9.97. The number of ether oxygens (including phenoxy) is 2. The lowest BCUT2D eigenvalue weighted by Gasteiger charge is -2.37. The van der Waals surface area contributed by atoms with E-state index in [0.29, 0.717) is 43.0 Å². The van der Waals surface area contributed by atoms with Crippen molar-refractivity contribution in [3.63, 3.8) is 0 Å². The summed E-state index contributed by atoms with van der Waals surface area (Å²) in [4.78, 5) is 16.3. The number of benzene rings is 2. The predicted molar refractivity (Wildman–Crippen MR) is 126 cm³/mol. The molecule has 2 aromatic carbocycles. The molecule has 0 aliphatic carbocycles. The fraction of sp³-hybridized carbons (Fsp3) is 0.400. The Kier molecular flexibility index (Phi) is 6.10. The van der Waals surface area contributed by atoms with Crippen molar-refractivity contribution in [1.82, 2.24) is 15.1 Å². The van der Waals surface area contributed by atoms with Crippen LogP contribution in [0.15, 0.2) is 36.5 Å². The molecule has 0 atom stereocenters. The number of piperazine rings is 1. The number of amides is 1. The maximum atomic E-state index is 14.7. The molecule has 0 saturated carbocycles. The Bertz CT molecular complexity index is 1180. The average Bonchev–Trinajstić information content (AvgIpc) is 2.77. The van der Waals surface area contributed by atoms with Crippen molar-refractivity contribution in [3.8, 4) is 16.9 Å². The Balaban J connectivity index is 1.63. The molecule has 7 nitrogen and oxygen atoms in total. The van der Waals surface area contributed by atoms with Crippen LogP contribution in [0.5, 0.6) is 5.75 Å². The normalized spacial score (nSPS) is 14.5. The van der Waals surface area contributed by atoms with Crippen LogP contribution in [0.25, 0.3) is 22.0 Å². The summed E-state index contributed by atoms with van der Waals surface area (Å²) in [6, 6.07) is 8.67. The molecule has 3 aromatic rings. The number of methoxy groups -OCH3 is 1. The molecule has 8 heteroatoms. The van der Waals surface area contributed by atoms with Crippen LogP contribution >= 0.6 is 0 Å². The van der Waals surface area contributed by atoms with Gasteiger partial charge in [0, 0.05) is 31.6 Å². The van der Waals surface area contributed by atoms with Gasteiger partial charge in [0.05, 0.1) is 30.1 Å². The van der Waals surface area contributed by atoms with Gasteiger partial charge in [0.25, 0.3) is 0 Å². The second-order valence-electron chi connectivity index (χ2n) is 9.19. The van der Waals surface area contributed by atoms with Gasteiger partial charge < -0.3 is 19.3 Å². The summed E-state index contributed by atoms with van der Waals surface area (Å²) in [5.41, 5.74) is 3.14. The van der Waals surface area contributed by atoms with E-state index >= 15 is 0 Å². The van der Waals surface area contributed by atoms with Crippen molar-refractivity contribution in [2.75, 3.05) is 38.2 Å². The average molecular weight is 453 g/mol. The lowest BCUT2D eigenvalue weighted by atomic mass is 9.96. The second-order valence-corrected chi connectivity index (χ2v) is 9.19. The standard InChI is InChI=1S/C25H29FN4O3/c1-16-13-18-20(14-17(16)23-19(26)7-6-8-22(23)32-5)28-27-15-21(18)29-9-11-30(12-10-29)24(31)33-25(2,3)4/h6-8,13-15H,9-12H2,1-5H3. The van der Waals surface area contributed by atoms with E-state index in [1.807, 2.05) is 39.8 Å². The zero-order valence-electron chi connectivity index (χ0n) is 19.7. The van der Waals surface area contributed by atoms with Gasteiger partial charge in [0.15, 0.2) is 0 Å². The van der Waals surface area contributed by atoms with Crippen molar-refractivity contribution in [3.05, 3.63) is 47.9 Å². The third-order valence-corrected chi connectivity index (χ3v) is 5.70. The molecule has 4 rings (SSSR count). The topological polar surface area (TPSA) is 67.8 Å². The predicted octanol–water partition coefficient (Wildman–Crippen LogP) is 4.81. The molecule has 0 N–H and O–H groups in total. The lowest BCUT2D eigenvalue weighted by Crippen LogP contribution is -2.50. The minimum Gasteiger partial charge on any atom is -0.496 e. The van der Waals surface area contributed by atoms with E-state index in [0.717, 1.165) is 22.2 Å². The Labute approximate surface area is 193 Å². The molecule has 0 spiro atoms. The number of rotatable bonds is 3. The van der Waals surface area contributed by atoms with Gasteiger partial charge in [-0.2, -0.15) is 10.2 Å². The highest BCUT2D eigenvalue weighted by Crippen LogP contribution is 2.38. The van der Waals surface area contributed by atoms with E-state index in [2.05, 4.69) is 15.1 Å². The van der Waals surface area contributed by atoms with Crippen LogP contribution in [0.2, 0.25) is 0 Å². The molecule has 1 fully saturated rings. The minimum atomic E-state index is -0.518. The molecule has 0 unspecified atom stereocenters. The largest absolute Gasteiger partial charge is 0.496 e. The molecular weight excluding hydrogens is 423 g/mol. The third-order valence-electron chi connectivity index (χ3n) is 5.70. The number of carbonyl (C=O) groups is 1. The molecular formula is C25H29FN4O3. The van der Waals surface area contributed by atoms with Gasteiger partial charge >= 0.3 is 6.09 Å². The molecule has 0 radical (unpaired) electrons. The van der Waals surface area contributed by atoms with Gasteiger partial charge in [-0.15, -0.1) is 0 Å². The highest BCUT2D eigenvalue weighted by atomic mass is 19.1. The molecule has 1 saturated heterocycles. The Hall–Kier alpha value is -3.42. The highest BCUT2D eigenvalue weighted by Gasteiger charge is 2.27. The van der Waals surface area contributed by atoms with Crippen LogP contribution in [0.4, 0.5) is 14.9 Å². The third kappa shape index (κ3) is 4.69. The number of halogens is 1. The number of fused-ring (bicyclic) bond motifs is 1. The smallest absolute Gasteiger partial charge is 0.410 e. The molecule has 1 aliphatic rings. The number of hydrogen-bond donors (Lipinski definition) is 0. The van der Waals surface area contributed by atoms with Crippen LogP contribution in [-0.4, -0.2) is 60.1 Å². The first-order valence-corrected chi connectivity index (χ1v) is 11.0. The first-order valence-electron chi connectivity index (χ1n) is 11.0. The number of hydrogen-bond acceptors (Lipinski definition) is 6. The summed E-state index contributed by atoms with van der Waals surface area (Å²) in [5, 5.41) is 9.44. The number of aromatic nitrogens is 2. The first-order chi connectivity index (χ1) is 15.7. The van der Waals surface area contributed by atoms with Crippen molar-refractivity contribution in [2.24, 2.45) is 0 Å². The van der Waals surface area contributed by atoms with Gasteiger partial charge in [0.1, 0.15) is 17.2 Å².